The first-order valence-electron chi connectivity index (χ1n) is 16.4. The van der Waals surface area contributed by atoms with Crippen LogP contribution >= 0.6 is 0 Å². The Kier molecular flexibility index (Phi) is 11.4. The standard InChI is InChI=1S/C36H36O18/c37-13-22-26(42)29(45)32(48)36(52-22)54-34-28(44)25-20(40)11-19(12-21(25)51-33(34)16-4-8-18(39)9-5-16)50-35-31(47)30(46)27(43)23(53-35)14-49-24(41)10-3-15-1-6-17(38)7-2-15/h1-12,22-23,26-27,29-32,35-40,42-43,45-48H,13-14H2/b10-3+/t22?,23?,26-,27-,29?,30+,31?,32?,35-,36+/m1/s1. The normalized spacial score (nSPS) is 28.6. The van der Waals surface area contributed by atoms with Gasteiger partial charge in [0.1, 0.15) is 89.4 Å². The molecule has 3 heterocycles. The highest BCUT2D eigenvalue weighted by Gasteiger charge is 2.47. The number of fused-ring (bicyclic) bond motifs is 1. The van der Waals surface area contributed by atoms with Crippen LogP contribution in [0.3, 0.4) is 0 Å². The lowest BCUT2D eigenvalue weighted by molar-refractivity contribution is -0.278. The molecule has 10 N–H and O–H groups in total. The van der Waals surface area contributed by atoms with Crippen molar-refractivity contribution >= 4 is 23.0 Å². The number of benzene rings is 3. The first-order chi connectivity index (χ1) is 25.7. The fraction of sp³-hybridized carbons (Fsp3) is 0.333. The van der Waals surface area contributed by atoms with Crippen molar-refractivity contribution in [2.45, 2.75) is 61.4 Å². The van der Waals surface area contributed by atoms with E-state index in [2.05, 4.69) is 0 Å². The molecule has 288 valence electrons. The van der Waals surface area contributed by atoms with Gasteiger partial charge in [-0.3, -0.25) is 4.79 Å². The number of phenolic OH excluding ortho intramolecular Hbond substituents is 3. The van der Waals surface area contributed by atoms with Gasteiger partial charge in [0.2, 0.25) is 23.8 Å². The van der Waals surface area contributed by atoms with Crippen molar-refractivity contribution < 1.29 is 84.0 Å². The summed E-state index contributed by atoms with van der Waals surface area (Å²) >= 11 is 0. The molecule has 0 amide bonds. The van der Waals surface area contributed by atoms with Gasteiger partial charge in [-0.05, 0) is 48.0 Å². The maximum atomic E-state index is 13.9. The Balaban J connectivity index is 1.27. The fourth-order valence-corrected chi connectivity index (χ4v) is 5.76. The zero-order valence-corrected chi connectivity index (χ0v) is 27.9. The van der Waals surface area contributed by atoms with Gasteiger partial charge in [-0.25, -0.2) is 4.79 Å². The van der Waals surface area contributed by atoms with Crippen molar-refractivity contribution in [3.8, 4) is 40.1 Å². The van der Waals surface area contributed by atoms with Crippen molar-refractivity contribution in [2.75, 3.05) is 13.2 Å². The minimum atomic E-state index is -1.92. The molecule has 2 aliphatic heterocycles. The van der Waals surface area contributed by atoms with E-state index in [1.807, 2.05) is 0 Å². The molecule has 18 nitrogen and oxygen atoms in total. The van der Waals surface area contributed by atoms with E-state index in [4.69, 9.17) is 28.1 Å². The van der Waals surface area contributed by atoms with E-state index in [1.54, 1.807) is 12.1 Å². The Labute approximate surface area is 304 Å². The number of ether oxygens (including phenoxy) is 5. The number of aliphatic hydroxyl groups excluding tert-OH is 7. The van der Waals surface area contributed by atoms with Gasteiger partial charge in [0, 0.05) is 23.8 Å². The fourth-order valence-electron chi connectivity index (χ4n) is 5.76. The average Bonchev–Trinajstić information content (AvgIpc) is 3.15. The van der Waals surface area contributed by atoms with E-state index in [-0.39, 0.29) is 34.2 Å². The number of hydrogen-bond donors (Lipinski definition) is 10. The zero-order valence-electron chi connectivity index (χ0n) is 27.9. The van der Waals surface area contributed by atoms with E-state index in [0.29, 0.717) is 5.56 Å². The Morgan fingerprint density at radius 2 is 1.30 bits per heavy atom. The summed E-state index contributed by atoms with van der Waals surface area (Å²) in [4.78, 5) is 26.2. The lowest BCUT2D eigenvalue weighted by Crippen LogP contribution is -2.60. The maximum absolute atomic E-state index is 13.9. The summed E-state index contributed by atoms with van der Waals surface area (Å²) in [6.07, 6.45) is -14.8. The molecule has 3 aromatic carbocycles. The number of esters is 1. The molecule has 5 unspecified atom stereocenters. The van der Waals surface area contributed by atoms with Gasteiger partial charge in [0.25, 0.3) is 0 Å². The molecule has 0 aliphatic carbocycles. The first kappa shape index (κ1) is 38.4. The Bertz CT molecular complexity index is 2030. The van der Waals surface area contributed by atoms with Crippen molar-refractivity contribution in [1.29, 1.82) is 0 Å². The highest BCUT2D eigenvalue weighted by molar-refractivity contribution is 5.88. The first-order valence-corrected chi connectivity index (χ1v) is 16.4. The largest absolute Gasteiger partial charge is 0.508 e. The van der Waals surface area contributed by atoms with Crippen LogP contribution in [0, 0.1) is 0 Å². The lowest BCUT2D eigenvalue weighted by atomic mass is 9.99. The molecule has 18 heteroatoms. The maximum Gasteiger partial charge on any atom is 0.330 e. The molecular weight excluding hydrogens is 720 g/mol. The second kappa shape index (κ2) is 16.0. The third-order valence-corrected chi connectivity index (χ3v) is 8.73. The predicted octanol–water partition coefficient (Wildman–Crippen LogP) is -0.802. The molecule has 2 saturated heterocycles. The predicted molar refractivity (Wildman–Crippen MR) is 181 cm³/mol. The van der Waals surface area contributed by atoms with Crippen molar-refractivity contribution in [3.63, 3.8) is 0 Å². The summed E-state index contributed by atoms with van der Waals surface area (Å²) in [7, 11) is 0. The molecule has 0 bridgehead atoms. The smallest absolute Gasteiger partial charge is 0.330 e. The minimum Gasteiger partial charge on any atom is -0.508 e. The number of aliphatic hydroxyl groups is 7. The SMILES string of the molecule is O=C(/C=C/c1ccc(O)cc1)OCC1O[C@@H](Oc2cc(O)c3c(=O)c(O[C@@H]4OC(CO)[C@@H](O)C(O)C4O)c(-c4ccc(O)cc4)oc3c2)C(O)[C@@H](O)[C@@H]1O. The van der Waals surface area contributed by atoms with Crippen LogP contribution in [0.15, 0.2) is 76.0 Å². The molecule has 0 saturated carbocycles. The van der Waals surface area contributed by atoms with Gasteiger partial charge in [-0.1, -0.05) is 12.1 Å². The molecule has 1 aromatic heterocycles. The van der Waals surface area contributed by atoms with Crippen molar-refractivity contribution in [2.24, 2.45) is 0 Å². The van der Waals surface area contributed by atoms with E-state index in [0.717, 1.165) is 18.2 Å². The van der Waals surface area contributed by atoms with Crippen LogP contribution in [-0.4, -0.2) is 132 Å². The number of carbonyl (C=O) groups excluding carboxylic acids is 1. The van der Waals surface area contributed by atoms with Gasteiger partial charge in [-0.15, -0.1) is 0 Å². The molecule has 0 spiro atoms. The van der Waals surface area contributed by atoms with Crippen LogP contribution in [0.4, 0.5) is 0 Å². The third kappa shape index (κ3) is 7.97. The molecular formula is C36H36O18. The molecule has 4 aromatic rings. The Morgan fingerprint density at radius 1 is 0.722 bits per heavy atom. The van der Waals surface area contributed by atoms with Crippen LogP contribution in [0.5, 0.6) is 28.7 Å². The summed E-state index contributed by atoms with van der Waals surface area (Å²) in [6, 6.07) is 13.2. The highest BCUT2D eigenvalue weighted by atomic mass is 16.7. The quantitative estimate of drug-likeness (QED) is 0.0700. The van der Waals surface area contributed by atoms with Crippen molar-refractivity contribution in [3.05, 3.63) is 82.5 Å². The molecule has 54 heavy (non-hydrogen) atoms. The van der Waals surface area contributed by atoms with Crippen LogP contribution in [-0.2, 0) is 19.0 Å². The Hall–Kier alpha value is -5.28. The molecule has 10 atom stereocenters. The van der Waals surface area contributed by atoms with E-state index in [9.17, 15) is 60.7 Å². The molecule has 6 rings (SSSR count). The number of phenols is 3. The second-order valence-corrected chi connectivity index (χ2v) is 12.5. The van der Waals surface area contributed by atoms with Crippen LogP contribution in [0.25, 0.3) is 28.4 Å². The number of rotatable bonds is 10. The van der Waals surface area contributed by atoms with Crippen LogP contribution in [0.1, 0.15) is 5.56 Å². The average molecular weight is 757 g/mol. The summed E-state index contributed by atoms with van der Waals surface area (Å²) in [5, 5.41) is 102. The van der Waals surface area contributed by atoms with Crippen LogP contribution < -0.4 is 14.9 Å². The number of carbonyl (C=O) groups is 1. The summed E-state index contributed by atoms with van der Waals surface area (Å²) in [5.41, 5.74) is -0.631. The summed E-state index contributed by atoms with van der Waals surface area (Å²) in [5.74, 6) is -2.94. The topological polar surface area (TPSA) is 296 Å². The van der Waals surface area contributed by atoms with E-state index >= 15 is 0 Å². The number of aromatic hydroxyl groups is 3. The summed E-state index contributed by atoms with van der Waals surface area (Å²) in [6.45, 7) is -1.37. The summed E-state index contributed by atoms with van der Waals surface area (Å²) < 4.78 is 33.5. The molecule has 2 aliphatic rings. The van der Waals surface area contributed by atoms with Gasteiger partial charge in [0.05, 0.1) is 6.61 Å². The second-order valence-electron chi connectivity index (χ2n) is 12.5. The van der Waals surface area contributed by atoms with Gasteiger partial charge < -0.3 is 79.2 Å². The molecule has 0 radical (unpaired) electrons. The number of hydrogen-bond acceptors (Lipinski definition) is 18. The van der Waals surface area contributed by atoms with Crippen LogP contribution in [0.2, 0.25) is 0 Å². The highest BCUT2D eigenvalue weighted by Crippen LogP contribution is 2.38. The molecule has 2 fully saturated rings. The van der Waals surface area contributed by atoms with Gasteiger partial charge in [0.15, 0.2) is 5.76 Å². The van der Waals surface area contributed by atoms with E-state index in [1.165, 1.54) is 42.5 Å². The minimum absolute atomic E-state index is 0.0341. The van der Waals surface area contributed by atoms with Crippen molar-refractivity contribution in [1.82, 2.24) is 0 Å². The monoisotopic (exact) mass is 756 g/mol. The van der Waals surface area contributed by atoms with E-state index < -0.39 is 103 Å². The Morgan fingerprint density at radius 3 is 1.93 bits per heavy atom. The van der Waals surface area contributed by atoms with Gasteiger partial charge >= 0.3 is 5.97 Å². The zero-order chi connectivity index (χ0) is 38.8. The lowest BCUT2D eigenvalue weighted by Gasteiger charge is -2.39. The third-order valence-electron chi connectivity index (χ3n) is 8.73. The van der Waals surface area contributed by atoms with Gasteiger partial charge in [-0.2, -0.15) is 0 Å².